The first-order chi connectivity index (χ1) is 11.2. The van der Waals surface area contributed by atoms with E-state index >= 15 is 0 Å². The second-order valence-electron chi connectivity index (χ2n) is 5.09. The van der Waals surface area contributed by atoms with Gasteiger partial charge < -0.3 is 9.52 Å². The van der Waals surface area contributed by atoms with E-state index in [2.05, 4.69) is 25.9 Å². The highest BCUT2D eigenvalue weighted by atomic mass is 79.9. The number of para-hydroxylation sites is 1. The number of fused-ring (bicyclic) bond motifs is 1. The molecule has 23 heavy (non-hydrogen) atoms. The second-order valence-corrected chi connectivity index (χ2v) is 6.01. The SMILES string of the molecule is Oc1oc(-c2ccc(Br)cc2)nc1C=C1C=Nc2ccccc21. The third-order valence-corrected chi connectivity index (χ3v) is 4.10. The number of aliphatic imine (C=N–C) groups is 1. The van der Waals surface area contributed by atoms with Crippen LogP contribution in [-0.4, -0.2) is 16.3 Å². The summed E-state index contributed by atoms with van der Waals surface area (Å²) in [5.74, 6) is 0.179. The highest BCUT2D eigenvalue weighted by Gasteiger charge is 2.16. The summed E-state index contributed by atoms with van der Waals surface area (Å²) < 4.78 is 6.35. The van der Waals surface area contributed by atoms with Crippen molar-refractivity contribution in [3.8, 4) is 17.4 Å². The number of allylic oxidation sites excluding steroid dienone is 1. The largest absolute Gasteiger partial charge is 0.479 e. The number of aromatic hydroxyl groups is 1. The van der Waals surface area contributed by atoms with Gasteiger partial charge in [0.1, 0.15) is 5.69 Å². The fourth-order valence-electron chi connectivity index (χ4n) is 2.44. The average Bonchev–Trinajstić information content (AvgIpc) is 3.13. The number of nitrogens with zero attached hydrogens (tertiary/aromatic N) is 2. The average molecular weight is 367 g/mol. The Labute approximate surface area is 141 Å². The second kappa shape index (κ2) is 5.52. The number of hydrogen-bond donors (Lipinski definition) is 1. The fourth-order valence-corrected chi connectivity index (χ4v) is 2.70. The van der Waals surface area contributed by atoms with Crippen molar-refractivity contribution in [1.29, 1.82) is 0 Å². The van der Waals surface area contributed by atoms with Crippen LogP contribution in [0.3, 0.4) is 0 Å². The van der Waals surface area contributed by atoms with Gasteiger partial charge in [0.2, 0.25) is 5.89 Å². The lowest BCUT2D eigenvalue weighted by atomic mass is 10.1. The molecule has 0 aliphatic carbocycles. The molecule has 1 aliphatic heterocycles. The lowest BCUT2D eigenvalue weighted by Crippen LogP contribution is -1.82. The van der Waals surface area contributed by atoms with Crippen molar-refractivity contribution in [2.24, 2.45) is 4.99 Å². The van der Waals surface area contributed by atoms with Gasteiger partial charge in [0.15, 0.2) is 0 Å². The van der Waals surface area contributed by atoms with Gasteiger partial charge in [-0.25, -0.2) is 4.98 Å². The van der Waals surface area contributed by atoms with Gasteiger partial charge in [0.25, 0.3) is 0 Å². The molecule has 1 aromatic heterocycles. The quantitative estimate of drug-likeness (QED) is 0.688. The van der Waals surface area contributed by atoms with Crippen molar-refractivity contribution in [1.82, 2.24) is 4.98 Å². The van der Waals surface area contributed by atoms with Crippen molar-refractivity contribution in [2.75, 3.05) is 0 Å². The maximum Gasteiger partial charge on any atom is 0.310 e. The van der Waals surface area contributed by atoms with Crippen molar-refractivity contribution in [2.45, 2.75) is 0 Å². The molecule has 112 valence electrons. The first-order valence-electron chi connectivity index (χ1n) is 7.01. The molecule has 1 aliphatic rings. The molecule has 5 heteroatoms. The van der Waals surface area contributed by atoms with Crippen LogP contribution in [0.2, 0.25) is 0 Å². The number of halogens is 1. The lowest BCUT2D eigenvalue weighted by Gasteiger charge is -1.97. The van der Waals surface area contributed by atoms with Crippen LogP contribution >= 0.6 is 15.9 Å². The molecule has 0 unspecified atom stereocenters. The first kappa shape index (κ1) is 14.0. The summed E-state index contributed by atoms with van der Waals surface area (Å²) in [6.45, 7) is 0. The van der Waals surface area contributed by atoms with E-state index in [1.807, 2.05) is 48.5 Å². The molecule has 0 amide bonds. The van der Waals surface area contributed by atoms with E-state index in [9.17, 15) is 5.11 Å². The molecule has 0 bridgehead atoms. The highest BCUT2D eigenvalue weighted by molar-refractivity contribution is 9.10. The van der Waals surface area contributed by atoms with Gasteiger partial charge in [-0.15, -0.1) is 0 Å². The van der Waals surface area contributed by atoms with Gasteiger partial charge in [-0.1, -0.05) is 34.1 Å². The summed E-state index contributed by atoms with van der Waals surface area (Å²) in [7, 11) is 0. The van der Waals surface area contributed by atoms with Gasteiger partial charge in [-0.3, -0.25) is 4.99 Å². The monoisotopic (exact) mass is 366 g/mol. The third kappa shape index (κ3) is 2.59. The van der Waals surface area contributed by atoms with E-state index in [1.54, 1.807) is 12.3 Å². The van der Waals surface area contributed by atoms with Gasteiger partial charge in [-0.05, 0) is 36.4 Å². The number of benzene rings is 2. The van der Waals surface area contributed by atoms with E-state index in [0.29, 0.717) is 11.6 Å². The molecule has 0 saturated heterocycles. The molecular formula is C18H11BrN2O2. The Morgan fingerprint density at radius 2 is 1.83 bits per heavy atom. The Kier molecular flexibility index (Phi) is 3.35. The molecule has 0 spiro atoms. The number of rotatable bonds is 2. The summed E-state index contributed by atoms with van der Waals surface area (Å²) in [6.07, 6.45) is 3.54. The van der Waals surface area contributed by atoms with Gasteiger partial charge in [0, 0.05) is 27.4 Å². The molecule has 4 rings (SSSR count). The number of hydrogen-bond acceptors (Lipinski definition) is 4. The van der Waals surface area contributed by atoms with Crippen LogP contribution in [0.15, 0.2) is 62.4 Å². The topological polar surface area (TPSA) is 58.6 Å². The van der Waals surface area contributed by atoms with Crippen LogP contribution < -0.4 is 0 Å². The smallest absolute Gasteiger partial charge is 0.310 e. The molecule has 4 nitrogen and oxygen atoms in total. The zero-order valence-corrected chi connectivity index (χ0v) is 13.5. The van der Waals surface area contributed by atoms with Crippen molar-refractivity contribution < 1.29 is 9.52 Å². The summed E-state index contributed by atoms with van der Waals surface area (Å²) in [6, 6.07) is 15.4. The van der Waals surface area contributed by atoms with Gasteiger partial charge in [0.05, 0.1) is 5.69 Å². The standard InChI is InChI=1S/C18H11BrN2O2/c19-13-7-5-11(6-8-13)17-21-16(18(22)23-17)9-12-10-20-15-4-2-1-3-14(12)15/h1-10,22H. The first-order valence-corrected chi connectivity index (χ1v) is 7.81. The Balaban J connectivity index is 1.73. The van der Waals surface area contributed by atoms with E-state index in [0.717, 1.165) is 26.9 Å². The van der Waals surface area contributed by atoms with E-state index in [1.165, 1.54) is 0 Å². The third-order valence-electron chi connectivity index (χ3n) is 3.58. The van der Waals surface area contributed by atoms with E-state index in [4.69, 9.17) is 4.42 Å². The Hall–Kier alpha value is -2.66. The Bertz CT molecular complexity index is 940. The van der Waals surface area contributed by atoms with Gasteiger partial charge in [-0.2, -0.15) is 0 Å². The molecule has 0 atom stereocenters. The van der Waals surface area contributed by atoms with Crippen LogP contribution in [0.1, 0.15) is 11.3 Å². The van der Waals surface area contributed by atoms with Crippen LogP contribution in [0.25, 0.3) is 23.1 Å². The molecule has 2 aromatic carbocycles. The van der Waals surface area contributed by atoms with Crippen molar-refractivity contribution in [3.63, 3.8) is 0 Å². The van der Waals surface area contributed by atoms with Crippen LogP contribution in [0.5, 0.6) is 5.95 Å². The molecule has 1 N–H and O–H groups in total. The van der Waals surface area contributed by atoms with Crippen molar-refractivity contribution >= 4 is 39.5 Å². The van der Waals surface area contributed by atoms with Crippen LogP contribution in [0, 0.1) is 0 Å². The molecule has 0 fully saturated rings. The predicted octanol–water partition coefficient (Wildman–Crippen LogP) is 5.07. The molecule has 2 heterocycles. The fraction of sp³-hybridized carbons (Fsp3) is 0. The zero-order valence-electron chi connectivity index (χ0n) is 11.9. The maximum absolute atomic E-state index is 10.0. The number of oxazole rings is 1. The zero-order chi connectivity index (χ0) is 15.8. The minimum atomic E-state index is -0.201. The molecule has 0 saturated carbocycles. The summed E-state index contributed by atoms with van der Waals surface area (Å²) in [5, 5.41) is 10.0. The van der Waals surface area contributed by atoms with E-state index in [-0.39, 0.29) is 5.95 Å². The minimum absolute atomic E-state index is 0.201. The maximum atomic E-state index is 10.0. The lowest BCUT2D eigenvalue weighted by molar-refractivity contribution is 0.336. The molecular weight excluding hydrogens is 356 g/mol. The predicted molar refractivity (Wildman–Crippen MR) is 93.8 cm³/mol. The van der Waals surface area contributed by atoms with E-state index < -0.39 is 0 Å². The summed E-state index contributed by atoms with van der Waals surface area (Å²) >= 11 is 3.39. The van der Waals surface area contributed by atoms with Gasteiger partial charge >= 0.3 is 5.95 Å². The highest BCUT2D eigenvalue weighted by Crippen LogP contribution is 2.34. The normalized spacial score (nSPS) is 14.4. The van der Waals surface area contributed by atoms with Crippen molar-refractivity contribution in [3.05, 3.63) is 64.3 Å². The van der Waals surface area contributed by atoms with Crippen LogP contribution in [-0.2, 0) is 0 Å². The summed E-state index contributed by atoms with van der Waals surface area (Å²) in [4.78, 5) is 8.72. The van der Waals surface area contributed by atoms with Crippen LogP contribution in [0.4, 0.5) is 5.69 Å². The molecule has 3 aromatic rings. The Morgan fingerprint density at radius 1 is 1.04 bits per heavy atom. The summed E-state index contributed by atoms with van der Waals surface area (Å²) in [5.41, 5.74) is 4.01. The molecule has 0 radical (unpaired) electrons. The number of aromatic nitrogens is 1. The Morgan fingerprint density at radius 3 is 2.65 bits per heavy atom. The minimum Gasteiger partial charge on any atom is -0.479 e.